The Hall–Kier alpha value is 0.700. The van der Waals surface area contributed by atoms with Crippen molar-refractivity contribution in [3.8, 4) is 0 Å². The summed E-state index contributed by atoms with van der Waals surface area (Å²) in [5.74, 6) is 0.734. The van der Waals surface area contributed by atoms with Gasteiger partial charge in [0.25, 0.3) is 0 Å². The highest BCUT2D eigenvalue weighted by Gasteiger charge is 1.94. The van der Waals surface area contributed by atoms with Gasteiger partial charge in [0.1, 0.15) is 0 Å². The van der Waals surface area contributed by atoms with Gasteiger partial charge in [0, 0.05) is 4.48 Å². The highest BCUT2D eigenvalue weighted by Crippen LogP contribution is 2.17. The van der Waals surface area contributed by atoms with Crippen molar-refractivity contribution in [2.45, 2.75) is 20.3 Å². The number of halogens is 2. The van der Waals surface area contributed by atoms with Gasteiger partial charge in [0.2, 0.25) is 0 Å². The second-order valence-electron chi connectivity index (χ2n) is 2.15. The van der Waals surface area contributed by atoms with E-state index in [-0.39, 0.29) is 0 Å². The Kier molecular flexibility index (Phi) is 4.97. The van der Waals surface area contributed by atoms with Crippen LogP contribution in [0.2, 0.25) is 0 Å². The smallest absolute Gasteiger partial charge is 0.00223 e. The van der Waals surface area contributed by atoms with E-state index < -0.39 is 0 Å². The molecule has 0 heterocycles. The number of hydrogen-bond acceptors (Lipinski definition) is 0. The monoisotopic (exact) mass is 240 g/mol. The fourth-order valence-corrected chi connectivity index (χ4v) is 1.27. The molecule has 0 aliphatic heterocycles. The molecule has 0 N–H and O–H groups in total. The first-order chi connectivity index (χ1) is 3.66. The molecule has 2 heteroatoms. The zero-order valence-corrected chi connectivity index (χ0v) is 8.29. The minimum absolute atomic E-state index is 0.734. The van der Waals surface area contributed by atoms with E-state index in [1.165, 1.54) is 4.48 Å². The molecule has 0 aromatic rings. The van der Waals surface area contributed by atoms with Crippen LogP contribution < -0.4 is 0 Å². The summed E-state index contributed by atoms with van der Waals surface area (Å²) in [5, 5.41) is 0. The molecular weight excluding hydrogens is 232 g/mol. The van der Waals surface area contributed by atoms with E-state index in [0.717, 1.165) is 12.3 Å². The molecule has 0 aromatic heterocycles. The van der Waals surface area contributed by atoms with Gasteiger partial charge in [-0.25, -0.2) is 0 Å². The Morgan fingerprint density at radius 2 is 2.12 bits per heavy atom. The molecule has 0 amide bonds. The lowest BCUT2D eigenvalue weighted by Crippen LogP contribution is -1.83. The Bertz CT molecular complexity index is 84.5. The van der Waals surface area contributed by atoms with Crippen molar-refractivity contribution in [2.24, 2.45) is 5.92 Å². The predicted molar refractivity (Wildman–Crippen MR) is 45.4 cm³/mol. The van der Waals surface area contributed by atoms with E-state index in [0.29, 0.717) is 0 Å². The van der Waals surface area contributed by atoms with E-state index in [1.807, 2.05) is 4.99 Å². The van der Waals surface area contributed by atoms with Crippen molar-refractivity contribution < 1.29 is 0 Å². The summed E-state index contributed by atoms with van der Waals surface area (Å²) < 4.78 is 1.23. The lowest BCUT2D eigenvalue weighted by atomic mass is 10.1. The summed E-state index contributed by atoms with van der Waals surface area (Å²) in [6.07, 6.45) is 1.12. The van der Waals surface area contributed by atoms with Crippen molar-refractivity contribution in [1.29, 1.82) is 0 Å². The van der Waals surface area contributed by atoms with Crippen LogP contribution in [0.5, 0.6) is 0 Å². The molecule has 0 atom stereocenters. The van der Waals surface area contributed by atoms with Gasteiger partial charge in [-0.2, -0.15) is 0 Å². The Morgan fingerprint density at radius 1 is 1.62 bits per heavy atom. The van der Waals surface area contributed by atoms with Gasteiger partial charge in [-0.1, -0.05) is 45.7 Å². The maximum atomic E-state index is 3.39. The van der Waals surface area contributed by atoms with Crippen LogP contribution in [-0.4, -0.2) is 0 Å². The maximum Gasteiger partial charge on any atom is 0.00223 e. The minimum Gasteiger partial charge on any atom is -0.0624 e. The van der Waals surface area contributed by atoms with E-state index in [9.17, 15) is 0 Å². The van der Waals surface area contributed by atoms with E-state index in [2.05, 4.69) is 45.7 Å². The predicted octanol–water partition coefficient (Wildman–Crippen LogP) is 3.66. The van der Waals surface area contributed by atoms with Crippen molar-refractivity contribution in [3.05, 3.63) is 9.47 Å². The molecule has 0 radical (unpaired) electrons. The third kappa shape index (κ3) is 4.85. The van der Waals surface area contributed by atoms with E-state index in [4.69, 9.17) is 0 Å². The molecule has 0 aliphatic rings. The van der Waals surface area contributed by atoms with Gasteiger partial charge in [0.05, 0.1) is 0 Å². The second-order valence-corrected chi connectivity index (χ2v) is 3.63. The van der Waals surface area contributed by atoms with Gasteiger partial charge in [0.15, 0.2) is 0 Å². The lowest BCUT2D eigenvalue weighted by molar-refractivity contribution is 0.660. The largest absolute Gasteiger partial charge is 0.0624 e. The molecule has 0 fully saturated rings. The lowest BCUT2D eigenvalue weighted by Gasteiger charge is -1.99. The molecular formula is C6H10Br2. The summed E-state index contributed by atoms with van der Waals surface area (Å²) in [6, 6.07) is 0. The average molecular weight is 242 g/mol. The maximum absolute atomic E-state index is 3.39. The van der Waals surface area contributed by atoms with Gasteiger partial charge >= 0.3 is 0 Å². The summed E-state index contributed by atoms with van der Waals surface area (Å²) >= 11 is 6.63. The Morgan fingerprint density at radius 3 is 2.25 bits per heavy atom. The quantitative estimate of drug-likeness (QED) is 0.692. The topological polar surface area (TPSA) is 0 Å². The van der Waals surface area contributed by atoms with Crippen molar-refractivity contribution >= 4 is 31.9 Å². The van der Waals surface area contributed by atoms with Gasteiger partial charge in [-0.15, -0.1) is 0 Å². The SMILES string of the molecule is CC(C)C/C(Br)=C/Br. The van der Waals surface area contributed by atoms with Crippen molar-refractivity contribution in [1.82, 2.24) is 0 Å². The first-order valence-electron chi connectivity index (χ1n) is 2.61. The molecule has 48 valence electrons. The van der Waals surface area contributed by atoms with Crippen molar-refractivity contribution in [3.63, 3.8) is 0 Å². The molecule has 0 saturated carbocycles. The number of hydrogen-bond donors (Lipinski definition) is 0. The number of rotatable bonds is 2. The number of allylic oxidation sites excluding steroid dienone is 1. The first-order valence-corrected chi connectivity index (χ1v) is 4.32. The molecule has 0 aromatic carbocycles. The molecule has 8 heavy (non-hydrogen) atoms. The zero-order valence-electron chi connectivity index (χ0n) is 5.12. The Balaban J connectivity index is 3.39. The third-order valence-corrected chi connectivity index (χ3v) is 2.44. The molecule has 0 bridgehead atoms. The van der Waals surface area contributed by atoms with Crippen LogP contribution in [0, 0.1) is 5.92 Å². The summed E-state index contributed by atoms with van der Waals surface area (Å²) in [6.45, 7) is 4.38. The zero-order chi connectivity index (χ0) is 6.57. The van der Waals surface area contributed by atoms with Crippen LogP contribution in [0.3, 0.4) is 0 Å². The molecule has 0 spiro atoms. The molecule has 0 unspecified atom stereocenters. The summed E-state index contributed by atoms with van der Waals surface area (Å²) in [4.78, 5) is 1.91. The highest BCUT2D eigenvalue weighted by molar-refractivity contribution is 9.14. The average Bonchev–Trinajstić information content (AvgIpc) is 1.65. The van der Waals surface area contributed by atoms with Crippen LogP contribution >= 0.6 is 31.9 Å². The minimum atomic E-state index is 0.734. The first kappa shape index (κ1) is 8.70. The van der Waals surface area contributed by atoms with Crippen molar-refractivity contribution in [2.75, 3.05) is 0 Å². The van der Waals surface area contributed by atoms with E-state index in [1.54, 1.807) is 0 Å². The van der Waals surface area contributed by atoms with Gasteiger partial charge in [-0.3, -0.25) is 0 Å². The molecule has 0 nitrogen and oxygen atoms in total. The molecule has 0 aliphatic carbocycles. The normalized spacial score (nSPS) is 12.9. The molecule has 0 saturated heterocycles. The van der Waals surface area contributed by atoms with Crippen LogP contribution in [0.1, 0.15) is 20.3 Å². The molecule has 0 rings (SSSR count). The van der Waals surface area contributed by atoms with Gasteiger partial charge < -0.3 is 0 Å². The fourth-order valence-electron chi connectivity index (χ4n) is 0.435. The van der Waals surface area contributed by atoms with Crippen LogP contribution in [0.15, 0.2) is 9.47 Å². The third-order valence-electron chi connectivity index (χ3n) is 0.722. The summed E-state index contributed by atoms with van der Waals surface area (Å²) in [7, 11) is 0. The second kappa shape index (κ2) is 4.57. The standard InChI is InChI=1S/C6H10Br2/c1-5(2)3-6(8)4-7/h4-5H,3H2,1-2H3/b6-4-. The fraction of sp³-hybridized carbons (Fsp3) is 0.667. The highest BCUT2D eigenvalue weighted by atomic mass is 79.9. The van der Waals surface area contributed by atoms with E-state index >= 15 is 0 Å². The Labute approximate surface area is 67.6 Å². The summed E-state index contributed by atoms with van der Waals surface area (Å²) in [5.41, 5.74) is 0. The van der Waals surface area contributed by atoms with Crippen LogP contribution in [-0.2, 0) is 0 Å². The van der Waals surface area contributed by atoms with Crippen LogP contribution in [0.4, 0.5) is 0 Å². The van der Waals surface area contributed by atoms with Gasteiger partial charge in [-0.05, 0) is 17.3 Å². The van der Waals surface area contributed by atoms with Crippen LogP contribution in [0.25, 0.3) is 0 Å².